The van der Waals surface area contributed by atoms with Crippen LogP contribution in [-0.4, -0.2) is 27.5 Å². The number of rotatable bonds is 12. The first-order valence-electron chi connectivity index (χ1n) is 13.1. The fraction of sp³-hybridized carbons (Fsp3) is 0.600. The van der Waals surface area contributed by atoms with Crippen LogP contribution in [0.2, 0.25) is 0 Å². The largest absolute Gasteiger partial charge is 0.472 e. The van der Waals surface area contributed by atoms with Crippen molar-refractivity contribution in [3.05, 3.63) is 59.7 Å². The molecule has 0 amide bonds. The van der Waals surface area contributed by atoms with Crippen LogP contribution < -0.4 is 9.47 Å². The Balaban J connectivity index is 2.03. The van der Waals surface area contributed by atoms with Gasteiger partial charge in [0.25, 0.3) is 0 Å². The van der Waals surface area contributed by atoms with E-state index in [1.54, 1.807) is 0 Å². The van der Waals surface area contributed by atoms with Crippen molar-refractivity contribution in [1.29, 1.82) is 0 Å². The van der Waals surface area contributed by atoms with Gasteiger partial charge in [-0.3, -0.25) is 8.37 Å². The molecule has 0 aliphatic rings. The summed E-state index contributed by atoms with van der Waals surface area (Å²) in [5.74, 6) is 1.01. The van der Waals surface area contributed by atoms with Gasteiger partial charge in [-0.05, 0) is 58.1 Å². The van der Waals surface area contributed by atoms with Crippen molar-refractivity contribution in [2.45, 2.75) is 103 Å². The lowest BCUT2D eigenvalue weighted by molar-refractivity contribution is 0.0341. The van der Waals surface area contributed by atoms with Gasteiger partial charge in [0.15, 0.2) is 11.1 Å². The van der Waals surface area contributed by atoms with E-state index in [0.717, 1.165) is 0 Å². The zero-order valence-electron chi connectivity index (χ0n) is 24.3. The third-order valence-electron chi connectivity index (χ3n) is 6.15. The predicted molar refractivity (Wildman–Crippen MR) is 158 cm³/mol. The molecule has 0 saturated heterocycles. The highest BCUT2D eigenvalue weighted by Crippen LogP contribution is 2.29. The molecule has 4 atom stereocenters. The number of benzene rings is 2. The van der Waals surface area contributed by atoms with Crippen molar-refractivity contribution < 1.29 is 22.0 Å². The van der Waals surface area contributed by atoms with Gasteiger partial charge >= 0.3 is 11.4 Å². The van der Waals surface area contributed by atoms with Gasteiger partial charge in [0.1, 0.15) is 23.7 Å². The summed E-state index contributed by atoms with van der Waals surface area (Å²) < 4.78 is 36.2. The molecule has 4 unspecified atom stereocenters. The van der Waals surface area contributed by atoms with Crippen molar-refractivity contribution in [2.75, 3.05) is 0 Å². The molecule has 5 nitrogen and oxygen atoms in total. The quantitative estimate of drug-likeness (QED) is 0.233. The SMILES string of the molecule is CC(C)C(OS(=O)OC(C(C)C)C(Cl)Oc1ccc(C(C)(C)C)cc1)C(Cl)Oc1ccc(C(C)(C)C)cc1. The molecule has 0 N–H and O–H groups in total. The third kappa shape index (κ3) is 10.0. The second kappa shape index (κ2) is 13.8. The lowest BCUT2D eigenvalue weighted by Crippen LogP contribution is -2.38. The molecule has 0 spiro atoms. The van der Waals surface area contributed by atoms with Gasteiger partial charge in [0.2, 0.25) is 0 Å². The second-order valence-corrected chi connectivity index (χ2v) is 14.0. The van der Waals surface area contributed by atoms with Crippen LogP contribution in [0.5, 0.6) is 11.5 Å². The molecule has 0 fully saturated rings. The molecule has 0 aliphatic heterocycles. The average Bonchev–Trinajstić information content (AvgIpc) is 2.80. The first-order valence-corrected chi connectivity index (χ1v) is 14.9. The Morgan fingerprint density at radius 2 is 0.895 bits per heavy atom. The average molecular weight is 588 g/mol. The number of hydrogen-bond donors (Lipinski definition) is 0. The summed E-state index contributed by atoms with van der Waals surface area (Å²) in [6, 6.07) is 15.5. The number of halogens is 2. The van der Waals surface area contributed by atoms with Gasteiger partial charge in [-0.1, -0.05) is 117 Å². The highest BCUT2D eigenvalue weighted by molar-refractivity contribution is 7.75. The van der Waals surface area contributed by atoms with Crippen LogP contribution in [0.3, 0.4) is 0 Å². The normalized spacial score (nSPS) is 16.7. The monoisotopic (exact) mass is 586 g/mol. The Kier molecular flexibility index (Phi) is 12.0. The van der Waals surface area contributed by atoms with Gasteiger partial charge < -0.3 is 9.47 Å². The first-order chi connectivity index (χ1) is 17.5. The van der Waals surface area contributed by atoms with Crippen LogP contribution in [0.4, 0.5) is 0 Å². The molecule has 214 valence electrons. The van der Waals surface area contributed by atoms with E-state index in [-0.39, 0.29) is 22.7 Å². The van der Waals surface area contributed by atoms with E-state index in [1.807, 2.05) is 76.2 Å². The van der Waals surface area contributed by atoms with E-state index in [9.17, 15) is 4.21 Å². The van der Waals surface area contributed by atoms with Crippen LogP contribution in [0, 0.1) is 11.8 Å². The van der Waals surface area contributed by atoms with E-state index in [2.05, 4.69) is 41.5 Å². The summed E-state index contributed by atoms with van der Waals surface area (Å²) in [5, 5.41) is 0. The van der Waals surface area contributed by atoms with Crippen LogP contribution in [0.25, 0.3) is 0 Å². The Bertz CT molecular complexity index is 929. The summed E-state index contributed by atoms with van der Waals surface area (Å²) in [7, 11) is 0. The summed E-state index contributed by atoms with van der Waals surface area (Å²) in [6.07, 6.45) is -1.40. The highest BCUT2D eigenvalue weighted by Gasteiger charge is 2.33. The minimum absolute atomic E-state index is 0.0313. The molecule has 0 saturated carbocycles. The zero-order valence-corrected chi connectivity index (χ0v) is 26.6. The molecular formula is C30H44Cl2O5S. The predicted octanol–water partition coefficient (Wildman–Crippen LogP) is 8.53. The minimum Gasteiger partial charge on any atom is -0.472 e. The lowest BCUT2D eigenvalue weighted by atomic mass is 9.87. The van der Waals surface area contributed by atoms with E-state index in [0.29, 0.717) is 11.5 Å². The van der Waals surface area contributed by atoms with Crippen LogP contribution in [0.1, 0.15) is 80.4 Å². The molecule has 2 aromatic rings. The van der Waals surface area contributed by atoms with Crippen LogP contribution in [0.15, 0.2) is 48.5 Å². The Hall–Kier alpha value is -1.31. The molecule has 8 heteroatoms. The van der Waals surface area contributed by atoms with E-state index < -0.39 is 34.7 Å². The molecule has 0 bridgehead atoms. The van der Waals surface area contributed by atoms with Crippen molar-refractivity contribution >= 4 is 34.6 Å². The van der Waals surface area contributed by atoms with Crippen molar-refractivity contribution in [3.63, 3.8) is 0 Å². The third-order valence-corrected chi connectivity index (χ3v) is 7.58. The maximum absolute atomic E-state index is 12.9. The molecule has 2 aromatic carbocycles. The zero-order chi connectivity index (χ0) is 28.8. The number of ether oxygens (including phenoxy) is 2. The summed E-state index contributed by atoms with van der Waals surface area (Å²) >= 11 is 11.0. The van der Waals surface area contributed by atoms with E-state index in [4.69, 9.17) is 41.0 Å². The second-order valence-electron chi connectivity index (χ2n) is 12.3. The Morgan fingerprint density at radius 1 is 0.605 bits per heavy atom. The first kappa shape index (κ1) is 32.9. The Labute approximate surface area is 242 Å². The summed E-state index contributed by atoms with van der Waals surface area (Å²) in [4.78, 5) is 0. The topological polar surface area (TPSA) is 54.0 Å². The molecule has 2 rings (SSSR count). The molecule has 0 aliphatic carbocycles. The minimum atomic E-state index is -2.14. The Morgan fingerprint density at radius 3 is 1.13 bits per heavy atom. The van der Waals surface area contributed by atoms with E-state index >= 15 is 0 Å². The maximum Gasteiger partial charge on any atom is 0.305 e. The summed E-state index contributed by atoms with van der Waals surface area (Å²) in [5.41, 5.74) is 0.664. The fourth-order valence-electron chi connectivity index (χ4n) is 3.58. The van der Waals surface area contributed by atoms with Crippen molar-refractivity contribution in [3.8, 4) is 11.5 Å². The van der Waals surface area contributed by atoms with Gasteiger partial charge in [-0.2, -0.15) is 4.21 Å². The van der Waals surface area contributed by atoms with Gasteiger partial charge in [0.05, 0.1) is 0 Å². The van der Waals surface area contributed by atoms with E-state index in [1.165, 1.54) is 11.1 Å². The molecule has 38 heavy (non-hydrogen) atoms. The molecule has 0 aromatic heterocycles. The summed E-state index contributed by atoms with van der Waals surface area (Å²) in [6.45, 7) is 20.5. The lowest BCUT2D eigenvalue weighted by Gasteiger charge is -2.28. The molecule has 0 radical (unpaired) electrons. The van der Waals surface area contributed by atoms with Crippen LogP contribution >= 0.6 is 23.2 Å². The smallest absolute Gasteiger partial charge is 0.305 e. The standard InChI is InChI=1S/C30H44Cl2O5S/c1-19(2)25(27(31)34-23-15-11-21(12-16-23)29(5,6)7)36-38(33)37-26(20(3)4)28(32)35-24-17-13-22(14-18-24)30(8,9)10/h11-20,25-28H,1-10H3. The fourth-order valence-corrected chi connectivity index (χ4v) is 5.65. The van der Waals surface area contributed by atoms with Gasteiger partial charge in [0, 0.05) is 0 Å². The number of hydrogen-bond acceptors (Lipinski definition) is 5. The van der Waals surface area contributed by atoms with Gasteiger partial charge in [-0.25, -0.2) is 0 Å². The molecular weight excluding hydrogens is 543 g/mol. The highest BCUT2D eigenvalue weighted by atomic mass is 35.5. The number of alkyl halides is 2. The van der Waals surface area contributed by atoms with Crippen molar-refractivity contribution in [1.82, 2.24) is 0 Å². The molecule has 0 heterocycles. The maximum atomic E-state index is 12.9. The van der Waals surface area contributed by atoms with Crippen molar-refractivity contribution in [2.24, 2.45) is 11.8 Å². The van der Waals surface area contributed by atoms with Crippen LogP contribution in [-0.2, 0) is 30.6 Å². The van der Waals surface area contributed by atoms with Gasteiger partial charge in [-0.15, -0.1) is 0 Å².